The summed E-state index contributed by atoms with van der Waals surface area (Å²) in [4.78, 5) is 0. The highest BCUT2D eigenvalue weighted by atomic mass is 32.2. The van der Waals surface area contributed by atoms with Crippen molar-refractivity contribution in [3.8, 4) is 0 Å². The second-order valence-electron chi connectivity index (χ2n) is 2.73. The molecule has 0 aliphatic carbocycles. The molecule has 1 atom stereocenters. The molecule has 0 saturated carbocycles. The van der Waals surface area contributed by atoms with E-state index in [4.69, 9.17) is 5.11 Å². The molecule has 0 aliphatic heterocycles. The first kappa shape index (κ1) is 12.1. The van der Waals surface area contributed by atoms with Crippen molar-refractivity contribution in [2.24, 2.45) is 5.92 Å². The average molecular weight is 202 g/mol. The average Bonchev–Trinajstić information content (AvgIpc) is 1.96. The van der Waals surface area contributed by atoms with Gasteiger partial charge in [0.2, 0.25) is 0 Å². The molecule has 12 heavy (non-hydrogen) atoms. The van der Waals surface area contributed by atoms with E-state index in [0.29, 0.717) is 5.75 Å². The molecule has 0 bridgehead atoms. The number of alkyl halides is 3. The van der Waals surface area contributed by atoms with Gasteiger partial charge in [-0.3, -0.25) is 0 Å². The van der Waals surface area contributed by atoms with Gasteiger partial charge < -0.3 is 5.11 Å². The van der Waals surface area contributed by atoms with E-state index in [1.165, 1.54) is 11.8 Å². The van der Waals surface area contributed by atoms with Crippen molar-refractivity contribution in [2.75, 3.05) is 18.1 Å². The maximum atomic E-state index is 11.6. The topological polar surface area (TPSA) is 20.2 Å². The van der Waals surface area contributed by atoms with Gasteiger partial charge in [0.15, 0.2) is 0 Å². The highest BCUT2D eigenvalue weighted by molar-refractivity contribution is 7.99. The van der Waals surface area contributed by atoms with Gasteiger partial charge in [-0.2, -0.15) is 24.9 Å². The first-order valence-corrected chi connectivity index (χ1v) is 4.86. The van der Waals surface area contributed by atoms with E-state index >= 15 is 0 Å². The van der Waals surface area contributed by atoms with Gasteiger partial charge in [0.25, 0.3) is 0 Å². The van der Waals surface area contributed by atoms with Crippen molar-refractivity contribution in [2.45, 2.75) is 19.5 Å². The number of rotatable bonds is 5. The molecule has 1 N–H and O–H groups in total. The van der Waals surface area contributed by atoms with Gasteiger partial charge in [-0.15, -0.1) is 0 Å². The van der Waals surface area contributed by atoms with Crippen LogP contribution in [0.4, 0.5) is 13.2 Å². The summed E-state index contributed by atoms with van der Waals surface area (Å²) < 4.78 is 34.8. The van der Waals surface area contributed by atoms with E-state index in [-0.39, 0.29) is 18.3 Å². The predicted molar refractivity (Wildman–Crippen MR) is 44.2 cm³/mol. The molecule has 0 aromatic heterocycles. The molecule has 0 amide bonds. The molecule has 0 aromatic rings. The van der Waals surface area contributed by atoms with Gasteiger partial charge in [0, 0.05) is 12.4 Å². The fraction of sp³-hybridized carbons (Fsp3) is 1.00. The summed E-state index contributed by atoms with van der Waals surface area (Å²) in [6.45, 7) is 1.85. The van der Waals surface area contributed by atoms with Gasteiger partial charge in [-0.05, 0) is 11.7 Å². The quantitative estimate of drug-likeness (QED) is 0.690. The van der Waals surface area contributed by atoms with Crippen molar-refractivity contribution < 1.29 is 18.3 Å². The smallest absolute Gasteiger partial charge is 0.389 e. The van der Waals surface area contributed by atoms with Crippen molar-refractivity contribution in [3.05, 3.63) is 0 Å². The summed E-state index contributed by atoms with van der Waals surface area (Å²) in [6.07, 6.45) is -4.79. The predicted octanol–water partition coefficient (Wildman–Crippen LogP) is 2.30. The molecular weight excluding hydrogens is 189 g/mol. The fourth-order valence-corrected chi connectivity index (χ4v) is 1.58. The highest BCUT2D eigenvalue weighted by Gasteiger charge is 2.26. The second-order valence-corrected chi connectivity index (χ2v) is 3.88. The van der Waals surface area contributed by atoms with Gasteiger partial charge in [0.1, 0.15) is 0 Å². The van der Waals surface area contributed by atoms with E-state index in [1.807, 2.05) is 0 Å². The molecular formula is C7H13F3OS. The Bertz CT molecular complexity index is 116. The Kier molecular flexibility index (Phi) is 5.74. The highest BCUT2D eigenvalue weighted by Crippen LogP contribution is 2.22. The van der Waals surface area contributed by atoms with Crippen molar-refractivity contribution in [3.63, 3.8) is 0 Å². The molecule has 74 valence electrons. The molecule has 0 rings (SSSR count). The lowest BCUT2D eigenvalue weighted by Crippen LogP contribution is -2.10. The van der Waals surface area contributed by atoms with Crippen LogP contribution < -0.4 is 0 Å². The normalized spacial score (nSPS) is 14.8. The fourth-order valence-electron chi connectivity index (χ4n) is 0.525. The Balaban J connectivity index is 3.22. The first-order chi connectivity index (χ1) is 5.45. The summed E-state index contributed by atoms with van der Waals surface area (Å²) in [5.74, 6) is 0.767. The number of thioether (sulfide) groups is 1. The number of aliphatic hydroxyl groups is 1. The lowest BCUT2D eigenvalue weighted by Gasteiger charge is -2.08. The lowest BCUT2D eigenvalue weighted by molar-refractivity contribution is -0.129. The maximum absolute atomic E-state index is 11.6. The Morgan fingerprint density at radius 2 is 2.00 bits per heavy atom. The monoisotopic (exact) mass is 202 g/mol. The van der Waals surface area contributed by atoms with Crippen LogP contribution in [0.3, 0.4) is 0 Å². The van der Waals surface area contributed by atoms with Crippen molar-refractivity contribution in [1.82, 2.24) is 0 Å². The minimum absolute atomic E-state index is 0.0407. The van der Waals surface area contributed by atoms with Gasteiger partial charge in [0.05, 0.1) is 6.42 Å². The molecule has 0 radical (unpaired) electrons. The van der Waals surface area contributed by atoms with E-state index < -0.39 is 12.6 Å². The molecule has 5 heteroatoms. The standard InChI is InChI=1S/C7H13F3OS/c1-6(4-11)5-12-3-2-7(8,9)10/h6,11H,2-5H2,1H3. The molecule has 1 unspecified atom stereocenters. The second kappa shape index (κ2) is 5.70. The van der Waals surface area contributed by atoms with Crippen LogP contribution >= 0.6 is 11.8 Å². The number of aliphatic hydroxyl groups excluding tert-OH is 1. The van der Waals surface area contributed by atoms with Gasteiger partial charge in [-0.25, -0.2) is 0 Å². The number of hydrogen-bond acceptors (Lipinski definition) is 2. The van der Waals surface area contributed by atoms with Crippen molar-refractivity contribution >= 4 is 11.8 Å². The summed E-state index contributed by atoms with van der Waals surface area (Å²) in [6, 6.07) is 0. The van der Waals surface area contributed by atoms with E-state index in [9.17, 15) is 13.2 Å². The summed E-state index contributed by atoms with van der Waals surface area (Å²) in [7, 11) is 0. The van der Waals surface area contributed by atoms with Gasteiger partial charge in [-0.1, -0.05) is 6.92 Å². The zero-order valence-corrected chi connectivity index (χ0v) is 7.71. The van der Waals surface area contributed by atoms with Crippen molar-refractivity contribution in [1.29, 1.82) is 0 Å². The van der Waals surface area contributed by atoms with E-state index in [2.05, 4.69) is 0 Å². The third-order valence-corrected chi connectivity index (χ3v) is 2.54. The Morgan fingerprint density at radius 1 is 1.42 bits per heavy atom. The zero-order chi connectivity index (χ0) is 9.61. The molecule has 1 nitrogen and oxygen atoms in total. The first-order valence-electron chi connectivity index (χ1n) is 3.71. The summed E-state index contributed by atoms with van der Waals surface area (Å²) in [5, 5.41) is 8.56. The van der Waals surface area contributed by atoms with Crippen LogP contribution in [0, 0.1) is 5.92 Å². The largest absolute Gasteiger partial charge is 0.396 e. The lowest BCUT2D eigenvalue weighted by atomic mass is 10.2. The van der Waals surface area contributed by atoms with Crippen LogP contribution in [-0.2, 0) is 0 Å². The minimum Gasteiger partial charge on any atom is -0.396 e. The summed E-state index contributed by atoms with van der Waals surface area (Å²) in [5.41, 5.74) is 0. The Morgan fingerprint density at radius 3 is 2.42 bits per heavy atom. The third-order valence-electron chi connectivity index (χ3n) is 1.24. The van der Waals surface area contributed by atoms with E-state index in [0.717, 1.165) is 0 Å². The zero-order valence-electron chi connectivity index (χ0n) is 6.90. The van der Waals surface area contributed by atoms with Crippen LogP contribution in [0.2, 0.25) is 0 Å². The Hall–Kier alpha value is 0.100. The minimum atomic E-state index is -4.05. The maximum Gasteiger partial charge on any atom is 0.389 e. The van der Waals surface area contributed by atoms with Crippen LogP contribution in [-0.4, -0.2) is 29.4 Å². The molecule has 0 aliphatic rings. The van der Waals surface area contributed by atoms with Crippen LogP contribution in [0.25, 0.3) is 0 Å². The van der Waals surface area contributed by atoms with Crippen LogP contribution in [0.5, 0.6) is 0 Å². The summed E-state index contributed by atoms with van der Waals surface area (Å²) >= 11 is 1.23. The third kappa shape index (κ3) is 8.20. The molecule has 0 fully saturated rings. The van der Waals surface area contributed by atoms with E-state index in [1.54, 1.807) is 6.92 Å². The molecule has 0 saturated heterocycles. The number of halogens is 3. The molecule has 0 heterocycles. The molecule has 0 spiro atoms. The van der Waals surface area contributed by atoms with Gasteiger partial charge >= 0.3 is 6.18 Å². The molecule has 0 aromatic carbocycles. The van der Waals surface area contributed by atoms with Crippen LogP contribution in [0.1, 0.15) is 13.3 Å². The number of hydrogen-bond donors (Lipinski definition) is 1. The van der Waals surface area contributed by atoms with Crippen LogP contribution in [0.15, 0.2) is 0 Å². The Labute approximate surface area is 74.3 Å². The SMILES string of the molecule is CC(CO)CSCCC(F)(F)F.